The Labute approximate surface area is 68.9 Å². The molecule has 1 aliphatic rings. The summed E-state index contributed by atoms with van der Waals surface area (Å²) in [6, 6.07) is 0. The maximum Gasteiger partial charge on any atom is 0.167 e. The van der Waals surface area contributed by atoms with Crippen molar-refractivity contribution in [3.63, 3.8) is 0 Å². The SMILES string of the molecule is CCOC1N(C)CCCN1C. The summed E-state index contributed by atoms with van der Waals surface area (Å²) in [4.78, 5) is 4.49. The van der Waals surface area contributed by atoms with E-state index in [0.29, 0.717) is 0 Å². The minimum absolute atomic E-state index is 0.203. The molecule has 0 bridgehead atoms. The van der Waals surface area contributed by atoms with E-state index in [2.05, 4.69) is 23.9 Å². The molecule has 0 aliphatic carbocycles. The molecule has 0 amide bonds. The molecule has 0 aromatic carbocycles. The molecule has 11 heavy (non-hydrogen) atoms. The van der Waals surface area contributed by atoms with Crippen molar-refractivity contribution in [1.29, 1.82) is 0 Å². The van der Waals surface area contributed by atoms with Crippen molar-refractivity contribution >= 4 is 0 Å². The van der Waals surface area contributed by atoms with E-state index in [0.717, 1.165) is 19.7 Å². The zero-order chi connectivity index (χ0) is 8.27. The van der Waals surface area contributed by atoms with Gasteiger partial charge >= 0.3 is 0 Å². The van der Waals surface area contributed by atoms with Crippen molar-refractivity contribution in [2.45, 2.75) is 19.7 Å². The van der Waals surface area contributed by atoms with Gasteiger partial charge in [0.2, 0.25) is 0 Å². The van der Waals surface area contributed by atoms with Gasteiger partial charge in [0.15, 0.2) is 6.35 Å². The third-order valence-corrected chi connectivity index (χ3v) is 2.09. The van der Waals surface area contributed by atoms with Gasteiger partial charge in [0, 0.05) is 19.7 Å². The highest BCUT2D eigenvalue weighted by molar-refractivity contribution is 4.66. The van der Waals surface area contributed by atoms with E-state index in [-0.39, 0.29) is 6.35 Å². The fourth-order valence-corrected chi connectivity index (χ4v) is 1.53. The molecule has 0 N–H and O–H groups in total. The number of hydrogen-bond acceptors (Lipinski definition) is 3. The summed E-state index contributed by atoms with van der Waals surface area (Å²) in [5.41, 5.74) is 0. The number of hydrogen-bond donors (Lipinski definition) is 0. The van der Waals surface area contributed by atoms with Gasteiger partial charge in [-0.25, -0.2) is 0 Å². The zero-order valence-electron chi connectivity index (χ0n) is 7.71. The van der Waals surface area contributed by atoms with E-state index in [4.69, 9.17) is 4.74 Å². The van der Waals surface area contributed by atoms with Crippen LogP contribution in [-0.2, 0) is 4.74 Å². The van der Waals surface area contributed by atoms with Crippen LogP contribution >= 0.6 is 0 Å². The fourth-order valence-electron chi connectivity index (χ4n) is 1.53. The monoisotopic (exact) mass is 158 g/mol. The summed E-state index contributed by atoms with van der Waals surface area (Å²) in [7, 11) is 4.21. The molecule has 1 saturated heterocycles. The molecule has 1 aliphatic heterocycles. The van der Waals surface area contributed by atoms with E-state index in [1.54, 1.807) is 0 Å². The second kappa shape index (κ2) is 4.04. The summed E-state index contributed by atoms with van der Waals surface area (Å²) in [6.45, 7) is 5.12. The van der Waals surface area contributed by atoms with E-state index in [1.165, 1.54) is 6.42 Å². The summed E-state index contributed by atoms with van der Waals surface area (Å²) in [6.07, 6.45) is 1.45. The molecule has 3 heteroatoms. The van der Waals surface area contributed by atoms with Crippen LogP contribution in [0.4, 0.5) is 0 Å². The van der Waals surface area contributed by atoms with Crippen LogP contribution in [0.5, 0.6) is 0 Å². The highest BCUT2D eigenvalue weighted by atomic mass is 16.5. The van der Waals surface area contributed by atoms with Gasteiger partial charge in [0.05, 0.1) is 0 Å². The van der Waals surface area contributed by atoms with E-state index < -0.39 is 0 Å². The van der Waals surface area contributed by atoms with Crippen LogP contribution in [0.15, 0.2) is 0 Å². The Morgan fingerprint density at radius 3 is 2.27 bits per heavy atom. The quantitative estimate of drug-likeness (QED) is 0.584. The molecule has 1 fully saturated rings. The van der Waals surface area contributed by atoms with Crippen molar-refractivity contribution in [2.75, 3.05) is 33.8 Å². The van der Waals surface area contributed by atoms with Crippen molar-refractivity contribution in [2.24, 2.45) is 0 Å². The zero-order valence-corrected chi connectivity index (χ0v) is 7.71. The van der Waals surface area contributed by atoms with E-state index in [1.807, 2.05) is 6.92 Å². The molecular formula is C8H18N2O. The minimum Gasteiger partial charge on any atom is -0.350 e. The molecule has 1 rings (SSSR count). The first kappa shape index (κ1) is 8.97. The molecule has 0 spiro atoms. The normalized spacial score (nSPS) is 24.3. The number of nitrogens with zero attached hydrogens (tertiary/aromatic N) is 2. The summed E-state index contributed by atoms with van der Waals surface area (Å²) >= 11 is 0. The van der Waals surface area contributed by atoms with E-state index in [9.17, 15) is 0 Å². The summed E-state index contributed by atoms with van der Waals surface area (Å²) < 4.78 is 5.56. The van der Waals surface area contributed by atoms with Crippen LogP contribution in [0.2, 0.25) is 0 Å². The molecule has 1 heterocycles. The van der Waals surface area contributed by atoms with Crippen LogP contribution in [0, 0.1) is 0 Å². The van der Waals surface area contributed by atoms with Gasteiger partial charge < -0.3 is 4.74 Å². The predicted octanol–water partition coefficient (Wildman–Crippen LogP) is 0.574. The Morgan fingerprint density at radius 1 is 1.27 bits per heavy atom. The lowest BCUT2D eigenvalue weighted by Crippen LogP contribution is -2.51. The molecule has 3 nitrogen and oxygen atoms in total. The average Bonchev–Trinajstić information content (AvgIpc) is 1.97. The number of rotatable bonds is 2. The molecule has 0 unspecified atom stereocenters. The third-order valence-electron chi connectivity index (χ3n) is 2.09. The Hall–Kier alpha value is -0.120. The largest absolute Gasteiger partial charge is 0.350 e. The van der Waals surface area contributed by atoms with Crippen LogP contribution < -0.4 is 0 Å². The van der Waals surface area contributed by atoms with E-state index >= 15 is 0 Å². The molecule has 0 aromatic rings. The maximum absolute atomic E-state index is 5.56. The maximum atomic E-state index is 5.56. The lowest BCUT2D eigenvalue weighted by molar-refractivity contribution is -0.150. The standard InChI is InChI=1S/C8H18N2O/c1-4-11-8-9(2)6-5-7-10(8)3/h8H,4-7H2,1-3H3. The highest BCUT2D eigenvalue weighted by Gasteiger charge is 2.23. The minimum atomic E-state index is 0.203. The summed E-state index contributed by atoms with van der Waals surface area (Å²) in [5.74, 6) is 0. The Kier molecular flexibility index (Phi) is 3.30. The van der Waals surface area contributed by atoms with Gasteiger partial charge in [-0.05, 0) is 27.4 Å². The number of ether oxygens (including phenoxy) is 1. The second-order valence-electron chi connectivity index (χ2n) is 3.10. The van der Waals surface area contributed by atoms with Gasteiger partial charge in [0.1, 0.15) is 0 Å². The first-order valence-corrected chi connectivity index (χ1v) is 4.27. The smallest absolute Gasteiger partial charge is 0.167 e. The van der Waals surface area contributed by atoms with Crippen molar-refractivity contribution in [3.8, 4) is 0 Å². The van der Waals surface area contributed by atoms with Gasteiger partial charge in [-0.1, -0.05) is 0 Å². The second-order valence-corrected chi connectivity index (χ2v) is 3.10. The van der Waals surface area contributed by atoms with Gasteiger partial charge in [0.25, 0.3) is 0 Å². The Morgan fingerprint density at radius 2 is 1.82 bits per heavy atom. The molecule has 0 aromatic heterocycles. The summed E-state index contributed by atoms with van der Waals surface area (Å²) in [5, 5.41) is 0. The molecule has 0 atom stereocenters. The lowest BCUT2D eigenvalue weighted by Gasteiger charge is -2.39. The third kappa shape index (κ3) is 2.15. The molecule has 0 saturated carbocycles. The van der Waals surface area contributed by atoms with Gasteiger partial charge in [-0.15, -0.1) is 0 Å². The predicted molar refractivity (Wildman–Crippen MR) is 45.3 cm³/mol. The van der Waals surface area contributed by atoms with Crippen molar-refractivity contribution in [1.82, 2.24) is 9.80 Å². The van der Waals surface area contributed by atoms with Crippen LogP contribution in [0.1, 0.15) is 13.3 Å². The fraction of sp³-hybridized carbons (Fsp3) is 1.00. The van der Waals surface area contributed by atoms with Crippen LogP contribution in [0.3, 0.4) is 0 Å². The van der Waals surface area contributed by atoms with Crippen LogP contribution in [-0.4, -0.2) is 49.9 Å². The van der Waals surface area contributed by atoms with Gasteiger partial charge in [-0.3, -0.25) is 9.80 Å². The molecular weight excluding hydrogens is 140 g/mol. The Balaban J connectivity index is 2.41. The van der Waals surface area contributed by atoms with Crippen molar-refractivity contribution in [3.05, 3.63) is 0 Å². The van der Waals surface area contributed by atoms with Crippen molar-refractivity contribution < 1.29 is 4.74 Å². The topological polar surface area (TPSA) is 15.7 Å². The molecule has 0 radical (unpaired) electrons. The van der Waals surface area contributed by atoms with Gasteiger partial charge in [-0.2, -0.15) is 0 Å². The first-order chi connectivity index (χ1) is 5.25. The molecule has 66 valence electrons. The average molecular weight is 158 g/mol. The highest BCUT2D eigenvalue weighted by Crippen LogP contribution is 2.10. The first-order valence-electron chi connectivity index (χ1n) is 4.27. The van der Waals surface area contributed by atoms with Crippen LogP contribution in [0.25, 0.3) is 0 Å². The Bertz CT molecular complexity index is 109. The lowest BCUT2D eigenvalue weighted by atomic mass is 10.3.